The average molecular weight is 243 g/mol. The highest BCUT2D eigenvalue weighted by Gasteiger charge is 1.98. The molecule has 17 heavy (non-hydrogen) atoms. The molecule has 0 saturated heterocycles. The predicted molar refractivity (Wildman–Crippen MR) is 70.4 cm³/mol. The molecule has 2 nitrogen and oxygen atoms in total. The summed E-state index contributed by atoms with van der Waals surface area (Å²) in [5.41, 5.74) is 3.11. The molecule has 0 spiro atoms. The standard InChI is InChI=1S/C14H13NOS/c1-11-6-13(8-15-7-11)10-17-14-4-2-12(9-16)3-5-14/h2-9H,10H2,1H3. The molecule has 2 rings (SSSR count). The van der Waals surface area contributed by atoms with Crippen LogP contribution in [0, 0.1) is 6.92 Å². The van der Waals surface area contributed by atoms with Gasteiger partial charge in [-0.2, -0.15) is 0 Å². The maximum Gasteiger partial charge on any atom is 0.150 e. The van der Waals surface area contributed by atoms with Crippen molar-refractivity contribution in [2.75, 3.05) is 0 Å². The number of hydrogen-bond donors (Lipinski definition) is 0. The third kappa shape index (κ3) is 3.43. The fourth-order valence-corrected chi connectivity index (χ4v) is 2.33. The van der Waals surface area contributed by atoms with Crippen LogP contribution in [0.15, 0.2) is 47.6 Å². The number of nitrogens with zero attached hydrogens (tertiary/aromatic N) is 1. The summed E-state index contributed by atoms with van der Waals surface area (Å²) in [5, 5.41) is 0. The normalized spacial score (nSPS) is 10.2. The van der Waals surface area contributed by atoms with Gasteiger partial charge in [-0.25, -0.2) is 0 Å². The zero-order valence-corrected chi connectivity index (χ0v) is 10.4. The Hall–Kier alpha value is -1.61. The summed E-state index contributed by atoms with van der Waals surface area (Å²) in [6, 6.07) is 9.75. The Kier molecular flexibility index (Phi) is 3.94. The van der Waals surface area contributed by atoms with E-state index in [1.54, 1.807) is 11.8 Å². The smallest absolute Gasteiger partial charge is 0.150 e. The second-order valence-corrected chi connectivity index (χ2v) is 4.89. The lowest BCUT2D eigenvalue weighted by Crippen LogP contribution is -1.85. The number of benzene rings is 1. The number of hydrogen-bond acceptors (Lipinski definition) is 3. The van der Waals surface area contributed by atoms with E-state index in [2.05, 4.69) is 11.1 Å². The maximum atomic E-state index is 10.5. The van der Waals surface area contributed by atoms with Crippen LogP contribution in [-0.2, 0) is 5.75 Å². The first-order valence-electron chi connectivity index (χ1n) is 5.36. The van der Waals surface area contributed by atoms with E-state index < -0.39 is 0 Å². The lowest BCUT2D eigenvalue weighted by atomic mass is 10.2. The minimum Gasteiger partial charge on any atom is -0.298 e. The van der Waals surface area contributed by atoms with Crippen molar-refractivity contribution in [1.82, 2.24) is 4.98 Å². The van der Waals surface area contributed by atoms with Crippen molar-refractivity contribution in [3.63, 3.8) is 0 Å². The summed E-state index contributed by atoms with van der Waals surface area (Å²) >= 11 is 1.75. The third-order valence-electron chi connectivity index (χ3n) is 2.35. The van der Waals surface area contributed by atoms with E-state index in [0.29, 0.717) is 5.56 Å². The highest BCUT2D eigenvalue weighted by atomic mass is 32.2. The van der Waals surface area contributed by atoms with Gasteiger partial charge in [0.15, 0.2) is 0 Å². The van der Waals surface area contributed by atoms with Crippen LogP contribution in [0.2, 0.25) is 0 Å². The molecule has 0 aliphatic rings. The predicted octanol–water partition coefficient (Wildman–Crippen LogP) is 3.49. The Labute approximate surface area is 105 Å². The molecule has 86 valence electrons. The van der Waals surface area contributed by atoms with Crippen LogP contribution in [0.3, 0.4) is 0 Å². The quantitative estimate of drug-likeness (QED) is 0.608. The second-order valence-electron chi connectivity index (χ2n) is 3.85. The Bertz CT molecular complexity index is 508. The zero-order chi connectivity index (χ0) is 12.1. The summed E-state index contributed by atoms with van der Waals surface area (Å²) in [5.74, 6) is 0.898. The Balaban J connectivity index is 1.99. The lowest BCUT2D eigenvalue weighted by molar-refractivity contribution is 0.112. The van der Waals surface area contributed by atoms with Gasteiger partial charge >= 0.3 is 0 Å². The van der Waals surface area contributed by atoms with E-state index >= 15 is 0 Å². The molecule has 0 amide bonds. The molecule has 0 fully saturated rings. The summed E-state index contributed by atoms with van der Waals surface area (Å²) in [7, 11) is 0. The van der Waals surface area contributed by atoms with Crippen molar-refractivity contribution in [2.45, 2.75) is 17.6 Å². The van der Waals surface area contributed by atoms with Crippen LogP contribution in [0.5, 0.6) is 0 Å². The van der Waals surface area contributed by atoms with Crippen molar-refractivity contribution < 1.29 is 4.79 Å². The molecular weight excluding hydrogens is 230 g/mol. The highest BCUT2D eigenvalue weighted by Crippen LogP contribution is 2.22. The summed E-state index contributed by atoms with van der Waals surface area (Å²) < 4.78 is 0. The van der Waals surface area contributed by atoms with Gasteiger partial charge in [-0.1, -0.05) is 18.2 Å². The molecule has 0 aliphatic carbocycles. The zero-order valence-electron chi connectivity index (χ0n) is 9.59. The van der Waals surface area contributed by atoms with E-state index in [4.69, 9.17) is 0 Å². The van der Waals surface area contributed by atoms with Gasteiger partial charge in [0.2, 0.25) is 0 Å². The molecule has 0 bridgehead atoms. The topological polar surface area (TPSA) is 30.0 Å². The molecule has 0 saturated carbocycles. The first kappa shape index (κ1) is 11.9. The monoisotopic (exact) mass is 243 g/mol. The Morgan fingerprint density at radius 3 is 2.65 bits per heavy atom. The van der Waals surface area contributed by atoms with Gasteiger partial charge in [-0.3, -0.25) is 9.78 Å². The van der Waals surface area contributed by atoms with Crippen LogP contribution in [0.4, 0.5) is 0 Å². The fraction of sp³-hybridized carbons (Fsp3) is 0.143. The first-order chi connectivity index (χ1) is 8.28. The molecule has 2 aromatic rings. The number of aromatic nitrogens is 1. The summed E-state index contributed by atoms with van der Waals surface area (Å²) in [4.78, 5) is 15.8. The minimum atomic E-state index is 0.714. The molecular formula is C14H13NOS. The molecule has 0 aliphatic heterocycles. The number of thioether (sulfide) groups is 1. The van der Waals surface area contributed by atoms with Gasteiger partial charge in [0.25, 0.3) is 0 Å². The SMILES string of the molecule is Cc1cncc(CSc2ccc(C=O)cc2)c1. The van der Waals surface area contributed by atoms with Gasteiger partial charge in [0.1, 0.15) is 6.29 Å². The number of pyridine rings is 1. The van der Waals surface area contributed by atoms with Crippen LogP contribution < -0.4 is 0 Å². The molecule has 0 unspecified atom stereocenters. The van der Waals surface area contributed by atoms with Crippen molar-refractivity contribution in [1.29, 1.82) is 0 Å². The molecule has 0 N–H and O–H groups in total. The largest absolute Gasteiger partial charge is 0.298 e. The summed E-state index contributed by atoms with van der Waals surface area (Å²) in [6.45, 7) is 2.04. The van der Waals surface area contributed by atoms with E-state index in [-0.39, 0.29) is 0 Å². The fourth-order valence-electron chi connectivity index (χ4n) is 1.51. The van der Waals surface area contributed by atoms with Gasteiger partial charge in [0.05, 0.1) is 0 Å². The number of aryl methyl sites for hydroxylation is 1. The van der Waals surface area contributed by atoms with Crippen LogP contribution in [0.1, 0.15) is 21.5 Å². The number of aldehydes is 1. The van der Waals surface area contributed by atoms with Crippen LogP contribution >= 0.6 is 11.8 Å². The van der Waals surface area contributed by atoms with Crippen LogP contribution in [0.25, 0.3) is 0 Å². The van der Waals surface area contributed by atoms with Gasteiger partial charge in [-0.05, 0) is 30.2 Å². The maximum absolute atomic E-state index is 10.5. The van der Waals surface area contributed by atoms with Crippen molar-refractivity contribution in [3.05, 3.63) is 59.4 Å². The van der Waals surface area contributed by atoms with Crippen molar-refractivity contribution in [2.24, 2.45) is 0 Å². The minimum absolute atomic E-state index is 0.714. The number of rotatable bonds is 4. The second kappa shape index (κ2) is 5.64. The Morgan fingerprint density at radius 2 is 2.00 bits per heavy atom. The average Bonchev–Trinajstić information content (AvgIpc) is 2.37. The molecule has 0 atom stereocenters. The number of carbonyl (C=O) groups is 1. The highest BCUT2D eigenvalue weighted by molar-refractivity contribution is 7.98. The molecule has 1 aromatic heterocycles. The first-order valence-corrected chi connectivity index (χ1v) is 6.35. The molecule has 3 heteroatoms. The van der Waals surface area contributed by atoms with Crippen molar-refractivity contribution >= 4 is 18.0 Å². The molecule has 1 aromatic carbocycles. The van der Waals surface area contributed by atoms with Gasteiger partial charge < -0.3 is 0 Å². The molecule has 0 radical (unpaired) electrons. The van der Waals surface area contributed by atoms with Crippen molar-refractivity contribution in [3.8, 4) is 0 Å². The van der Waals surface area contributed by atoms with E-state index in [1.807, 2.05) is 43.6 Å². The number of carbonyl (C=O) groups excluding carboxylic acids is 1. The van der Waals surface area contributed by atoms with Gasteiger partial charge in [-0.15, -0.1) is 11.8 Å². The summed E-state index contributed by atoms with van der Waals surface area (Å²) in [6.07, 6.45) is 4.60. The van der Waals surface area contributed by atoms with Gasteiger partial charge in [0, 0.05) is 28.6 Å². The molecule has 1 heterocycles. The third-order valence-corrected chi connectivity index (χ3v) is 3.44. The van der Waals surface area contributed by atoms with E-state index in [0.717, 1.165) is 16.9 Å². The van der Waals surface area contributed by atoms with E-state index in [1.165, 1.54) is 11.1 Å². The van der Waals surface area contributed by atoms with Crippen LogP contribution in [-0.4, -0.2) is 11.3 Å². The Morgan fingerprint density at radius 1 is 1.24 bits per heavy atom. The van der Waals surface area contributed by atoms with E-state index in [9.17, 15) is 4.79 Å². The lowest BCUT2D eigenvalue weighted by Gasteiger charge is -2.02.